The molecule has 0 radical (unpaired) electrons. The number of hydrogen-bond donors (Lipinski definition) is 2. The van der Waals surface area contributed by atoms with Gasteiger partial charge in [0.25, 0.3) is 11.8 Å². The van der Waals surface area contributed by atoms with Crippen LogP contribution in [-0.2, 0) is 25.5 Å². The van der Waals surface area contributed by atoms with Crippen LogP contribution in [0.1, 0.15) is 35.2 Å². The summed E-state index contributed by atoms with van der Waals surface area (Å²) >= 11 is 0. The number of morpholine rings is 1. The molecule has 226 valence electrons. The van der Waals surface area contributed by atoms with E-state index in [9.17, 15) is 19.2 Å². The second kappa shape index (κ2) is 14.9. The van der Waals surface area contributed by atoms with Crippen molar-refractivity contribution in [1.29, 1.82) is 0 Å². The minimum atomic E-state index is -0.966. The Hall–Kier alpha value is -4.08. The van der Waals surface area contributed by atoms with Crippen molar-refractivity contribution in [3.63, 3.8) is 0 Å². The van der Waals surface area contributed by atoms with Gasteiger partial charge >= 0.3 is 0 Å². The molecule has 1 unspecified atom stereocenters. The molecule has 1 atom stereocenters. The number of carbonyl (C=O) groups excluding carboxylic acids is 4. The van der Waals surface area contributed by atoms with Crippen LogP contribution in [0.5, 0.6) is 0 Å². The fourth-order valence-electron chi connectivity index (χ4n) is 5.77. The highest BCUT2D eigenvalue weighted by Gasteiger charge is 2.32. The van der Waals surface area contributed by atoms with Gasteiger partial charge in [0.2, 0.25) is 11.7 Å². The van der Waals surface area contributed by atoms with Crippen molar-refractivity contribution in [2.24, 2.45) is 5.92 Å². The third kappa shape index (κ3) is 8.27. The van der Waals surface area contributed by atoms with Crippen LogP contribution in [-0.4, -0.2) is 91.8 Å². The monoisotopic (exact) mass is 584 g/mol. The van der Waals surface area contributed by atoms with Crippen LogP contribution in [0.4, 0.5) is 0 Å². The first-order chi connectivity index (χ1) is 21.0. The molecule has 9 heteroatoms. The Morgan fingerprint density at radius 3 is 2.28 bits per heavy atom. The molecule has 43 heavy (non-hydrogen) atoms. The average molecular weight is 585 g/mol. The van der Waals surface area contributed by atoms with Gasteiger partial charge in [-0.1, -0.05) is 60.7 Å². The predicted octanol–water partition coefficient (Wildman–Crippen LogP) is 2.83. The first-order valence-electron chi connectivity index (χ1n) is 15.2. The zero-order chi connectivity index (χ0) is 30.0. The lowest BCUT2D eigenvalue weighted by Gasteiger charge is -2.32. The fraction of sp³-hybridized carbons (Fsp3) is 0.412. The lowest BCUT2D eigenvalue weighted by Crippen LogP contribution is -2.51. The van der Waals surface area contributed by atoms with Crippen LogP contribution in [0.2, 0.25) is 0 Å². The lowest BCUT2D eigenvalue weighted by molar-refractivity contribution is -0.140. The molecule has 2 saturated heterocycles. The summed E-state index contributed by atoms with van der Waals surface area (Å²) < 4.78 is 5.37. The zero-order valence-corrected chi connectivity index (χ0v) is 24.5. The molecule has 2 heterocycles. The van der Waals surface area contributed by atoms with E-state index < -0.39 is 17.7 Å². The molecular weight excluding hydrogens is 544 g/mol. The number of amides is 3. The molecule has 2 N–H and O–H groups in total. The van der Waals surface area contributed by atoms with Crippen molar-refractivity contribution >= 4 is 34.3 Å². The van der Waals surface area contributed by atoms with Gasteiger partial charge in [0.15, 0.2) is 0 Å². The fourth-order valence-corrected chi connectivity index (χ4v) is 5.77. The molecule has 9 nitrogen and oxygen atoms in total. The maximum Gasteiger partial charge on any atom is 0.289 e. The lowest BCUT2D eigenvalue weighted by atomic mass is 9.93. The van der Waals surface area contributed by atoms with Gasteiger partial charge in [0, 0.05) is 50.6 Å². The predicted molar refractivity (Wildman–Crippen MR) is 165 cm³/mol. The summed E-state index contributed by atoms with van der Waals surface area (Å²) in [5, 5.41) is 7.71. The Labute approximate surface area is 252 Å². The van der Waals surface area contributed by atoms with E-state index in [2.05, 4.69) is 15.5 Å². The molecule has 0 bridgehead atoms. The van der Waals surface area contributed by atoms with Gasteiger partial charge in [-0.3, -0.25) is 24.1 Å². The Morgan fingerprint density at radius 2 is 1.53 bits per heavy atom. The van der Waals surface area contributed by atoms with E-state index in [0.717, 1.165) is 42.4 Å². The molecular formula is C34H40N4O5. The summed E-state index contributed by atoms with van der Waals surface area (Å²) in [6.07, 6.45) is 1.94. The molecule has 3 aromatic rings. The van der Waals surface area contributed by atoms with Crippen molar-refractivity contribution < 1.29 is 23.9 Å². The van der Waals surface area contributed by atoms with Gasteiger partial charge < -0.3 is 20.3 Å². The number of carbonyl (C=O) groups is 4. The largest absolute Gasteiger partial charge is 0.379 e. The average Bonchev–Trinajstić information content (AvgIpc) is 3.06. The highest BCUT2D eigenvalue weighted by molar-refractivity contribution is 6.38. The number of nitrogens with zero attached hydrogens (tertiary/aromatic N) is 2. The number of piperidine rings is 1. The van der Waals surface area contributed by atoms with Crippen molar-refractivity contribution in [2.75, 3.05) is 52.5 Å². The number of hydrogen-bond acceptors (Lipinski definition) is 6. The first-order valence-corrected chi connectivity index (χ1v) is 15.2. The quantitative estimate of drug-likeness (QED) is 0.265. The summed E-state index contributed by atoms with van der Waals surface area (Å²) in [6, 6.07) is 22.0. The molecule has 0 saturated carbocycles. The molecule has 0 aromatic heterocycles. The molecule has 2 aliphatic heterocycles. The van der Waals surface area contributed by atoms with E-state index in [1.165, 1.54) is 0 Å². The van der Waals surface area contributed by atoms with E-state index >= 15 is 0 Å². The van der Waals surface area contributed by atoms with Crippen LogP contribution < -0.4 is 10.6 Å². The second-order valence-corrected chi connectivity index (χ2v) is 11.3. The van der Waals surface area contributed by atoms with E-state index in [-0.39, 0.29) is 24.2 Å². The van der Waals surface area contributed by atoms with Crippen LogP contribution in [0.3, 0.4) is 0 Å². The van der Waals surface area contributed by atoms with E-state index in [1.54, 1.807) is 4.90 Å². The third-order valence-electron chi connectivity index (χ3n) is 8.33. The van der Waals surface area contributed by atoms with Gasteiger partial charge in [-0.25, -0.2) is 0 Å². The summed E-state index contributed by atoms with van der Waals surface area (Å²) in [7, 11) is 0. The number of ketones is 1. The Balaban J connectivity index is 1.14. The van der Waals surface area contributed by atoms with Gasteiger partial charge in [-0.2, -0.15) is 0 Å². The van der Waals surface area contributed by atoms with E-state index in [1.807, 2.05) is 72.8 Å². The van der Waals surface area contributed by atoms with E-state index in [0.29, 0.717) is 51.3 Å². The third-order valence-corrected chi connectivity index (χ3v) is 8.33. The Morgan fingerprint density at radius 1 is 0.837 bits per heavy atom. The normalized spacial score (nSPS) is 16.9. The minimum absolute atomic E-state index is 0.0490. The van der Waals surface area contributed by atoms with Crippen molar-refractivity contribution in [1.82, 2.24) is 20.4 Å². The molecule has 0 aliphatic carbocycles. The second-order valence-electron chi connectivity index (χ2n) is 11.3. The van der Waals surface area contributed by atoms with Crippen molar-refractivity contribution in [3.8, 4) is 0 Å². The Kier molecular flexibility index (Phi) is 10.5. The number of ether oxygens (including phenoxy) is 1. The standard InChI is InChI=1S/C34H40N4O5/c39-31(33(41)35-15-6-16-37-19-21-43-22-20-37)30(23-25-7-2-1-3-8-25)36-32(40)27-13-17-38(18-14-27)34(42)29-12-11-26-9-4-5-10-28(26)24-29/h1-5,7-12,24,27,30H,6,13-23H2,(H,35,41)(H,36,40). The Bertz CT molecular complexity index is 1410. The number of fused-ring (bicyclic) bond motifs is 1. The summed E-state index contributed by atoms with van der Waals surface area (Å²) in [6.45, 7) is 5.28. The van der Waals surface area contributed by atoms with Crippen molar-refractivity contribution in [2.45, 2.75) is 31.7 Å². The van der Waals surface area contributed by atoms with Gasteiger partial charge in [0.05, 0.1) is 13.2 Å². The maximum absolute atomic E-state index is 13.3. The molecule has 3 aromatic carbocycles. The van der Waals surface area contributed by atoms with Crippen LogP contribution in [0.15, 0.2) is 72.8 Å². The number of Topliss-reactive ketones (excluding diaryl/α,β-unsaturated/α-hetero) is 1. The van der Waals surface area contributed by atoms with Gasteiger partial charge in [-0.05, 0) is 54.3 Å². The minimum Gasteiger partial charge on any atom is -0.379 e. The van der Waals surface area contributed by atoms with Crippen molar-refractivity contribution in [3.05, 3.63) is 83.9 Å². The highest BCUT2D eigenvalue weighted by atomic mass is 16.5. The molecule has 0 spiro atoms. The zero-order valence-electron chi connectivity index (χ0n) is 24.5. The van der Waals surface area contributed by atoms with E-state index in [4.69, 9.17) is 4.74 Å². The SMILES string of the molecule is O=C(NCCCN1CCOCC1)C(=O)C(Cc1ccccc1)NC(=O)C1CCN(C(=O)c2ccc3ccccc3c2)CC1. The maximum atomic E-state index is 13.3. The van der Waals surface area contributed by atoms with Crippen LogP contribution in [0.25, 0.3) is 10.8 Å². The smallest absolute Gasteiger partial charge is 0.289 e. The molecule has 5 rings (SSSR count). The van der Waals surface area contributed by atoms with Gasteiger partial charge in [0.1, 0.15) is 6.04 Å². The first kappa shape index (κ1) is 30.4. The molecule has 2 fully saturated rings. The van der Waals surface area contributed by atoms with Crippen LogP contribution >= 0.6 is 0 Å². The van der Waals surface area contributed by atoms with Crippen LogP contribution in [0, 0.1) is 5.92 Å². The summed E-state index contributed by atoms with van der Waals surface area (Å²) in [5.41, 5.74) is 1.49. The number of likely N-dealkylation sites (tertiary alicyclic amines) is 1. The number of rotatable bonds is 11. The summed E-state index contributed by atoms with van der Waals surface area (Å²) in [5.74, 6) is -1.98. The van der Waals surface area contributed by atoms with Gasteiger partial charge in [-0.15, -0.1) is 0 Å². The summed E-state index contributed by atoms with van der Waals surface area (Å²) in [4.78, 5) is 56.7. The number of nitrogens with one attached hydrogen (secondary N) is 2. The molecule has 2 aliphatic rings. The molecule has 3 amide bonds. The number of benzene rings is 3. The highest BCUT2D eigenvalue weighted by Crippen LogP contribution is 2.22. The topological polar surface area (TPSA) is 108 Å².